The number of halogens is 4. The average molecular weight is 374 g/mol. The van der Waals surface area contributed by atoms with Crippen LogP contribution in [0.5, 0.6) is 0 Å². The second-order valence-corrected chi connectivity index (χ2v) is 6.87. The summed E-state index contributed by atoms with van der Waals surface area (Å²) in [5.74, 6) is -0.745. The molecule has 2 aromatic heterocycles. The molecule has 3 heterocycles. The van der Waals surface area contributed by atoms with Crippen LogP contribution in [-0.4, -0.2) is 51.2 Å². The molecule has 0 bridgehead atoms. The quantitative estimate of drug-likeness (QED) is 0.808. The molecule has 2 aromatic rings. The maximum absolute atomic E-state index is 14.2. The van der Waals surface area contributed by atoms with E-state index in [9.17, 15) is 22.7 Å². The molecule has 2 fully saturated rings. The van der Waals surface area contributed by atoms with Gasteiger partial charge in [-0.1, -0.05) is 6.42 Å². The van der Waals surface area contributed by atoms with E-state index in [2.05, 4.69) is 15.4 Å². The first kappa shape index (κ1) is 17.5. The van der Waals surface area contributed by atoms with Crippen molar-refractivity contribution in [1.82, 2.24) is 14.6 Å². The lowest BCUT2D eigenvalue weighted by Gasteiger charge is -2.42. The zero-order valence-corrected chi connectivity index (χ0v) is 13.8. The van der Waals surface area contributed by atoms with E-state index in [4.69, 9.17) is 4.74 Å². The highest BCUT2D eigenvalue weighted by Crippen LogP contribution is 2.54. The Bertz CT molecular complexity index is 818. The van der Waals surface area contributed by atoms with Gasteiger partial charge in [0, 0.05) is 6.61 Å². The summed E-state index contributed by atoms with van der Waals surface area (Å²) in [6, 6.07) is 0.523. The lowest BCUT2D eigenvalue weighted by molar-refractivity contribution is -0.214. The zero-order valence-electron chi connectivity index (χ0n) is 13.8. The van der Waals surface area contributed by atoms with E-state index in [0.717, 1.165) is 16.8 Å². The third-order valence-corrected chi connectivity index (χ3v) is 5.35. The van der Waals surface area contributed by atoms with Gasteiger partial charge >= 0.3 is 6.18 Å². The highest BCUT2D eigenvalue weighted by molar-refractivity contribution is 5.52. The van der Waals surface area contributed by atoms with Crippen molar-refractivity contribution >= 4 is 11.5 Å². The van der Waals surface area contributed by atoms with E-state index in [1.807, 2.05) is 0 Å². The molecule has 1 aliphatic carbocycles. The number of anilines is 1. The number of ether oxygens (including phenoxy) is 1. The standard InChI is InChI=1S/C16H18F4N4O2/c17-9-6-13(15(3-1-4-15)16(18,19)20)24-11(9)7-21-14(23-24)22-10-2-5-26-8-12(10)25/h6-7,10,12,25H,1-5,8H2,(H,22,23)/t10-,12-/m1/s1. The van der Waals surface area contributed by atoms with Crippen LogP contribution in [0.1, 0.15) is 31.4 Å². The molecule has 1 aliphatic heterocycles. The van der Waals surface area contributed by atoms with Gasteiger partial charge < -0.3 is 15.2 Å². The van der Waals surface area contributed by atoms with Crippen molar-refractivity contribution in [3.8, 4) is 0 Å². The highest BCUT2D eigenvalue weighted by Gasteiger charge is 2.61. The number of rotatable bonds is 3. The lowest BCUT2D eigenvalue weighted by Crippen LogP contribution is -2.49. The van der Waals surface area contributed by atoms with Crippen molar-refractivity contribution in [3.63, 3.8) is 0 Å². The van der Waals surface area contributed by atoms with Crippen molar-refractivity contribution in [3.05, 3.63) is 23.8 Å². The zero-order chi connectivity index (χ0) is 18.5. The fourth-order valence-electron chi connectivity index (χ4n) is 3.63. The molecule has 4 rings (SSSR count). The molecule has 142 valence electrons. The van der Waals surface area contributed by atoms with E-state index in [1.165, 1.54) is 0 Å². The second-order valence-electron chi connectivity index (χ2n) is 6.87. The predicted molar refractivity (Wildman–Crippen MR) is 83.4 cm³/mol. The van der Waals surface area contributed by atoms with Crippen LogP contribution in [0.2, 0.25) is 0 Å². The van der Waals surface area contributed by atoms with Gasteiger partial charge in [0.15, 0.2) is 5.82 Å². The van der Waals surface area contributed by atoms with Crippen LogP contribution in [0.4, 0.5) is 23.5 Å². The van der Waals surface area contributed by atoms with Crippen LogP contribution in [0.15, 0.2) is 12.3 Å². The molecule has 0 amide bonds. The molecule has 2 aliphatic rings. The number of alkyl halides is 3. The van der Waals surface area contributed by atoms with E-state index in [0.29, 0.717) is 19.4 Å². The lowest BCUT2D eigenvalue weighted by atomic mass is 9.66. The monoisotopic (exact) mass is 374 g/mol. The van der Waals surface area contributed by atoms with Crippen LogP contribution in [0.25, 0.3) is 5.52 Å². The minimum atomic E-state index is -4.48. The number of aliphatic hydroxyl groups excluding tert-OH is 1. The molecule has 6 nitrogen and oxygen atoms in total. The van der Waals surface area contributed by atoms with Crippen LogP contribution in [-0.2, 0) is 10.2 Å². The molecule has 1 saturated heterocycles. The van der Waals surface area contributed by atoms with Crippen molar-refractivity contribution in [1.29, 1.82) is 0 Å². The van der Waals surface area contributed by atoms with Gasteiger partial charge in [0.2, 0.25) is 5.95 Å². The molecule has 0 aromatic carbocycles. The Labute approximate surface area is 146 Å². The fraction of sp³-hybridized carbons (Fsp3) is 0.625. The first-order chi connectivity index (χ1) is 12.3. The SMILES string of the molecule is O[C@@H]1COCC[C@H]1Nc1ncc2c(F)cc(C3(C(F)(F)F)CCC3)n2n1. The number of nitrogens with zero attached hydrogens (tertiary/aromatic N) is 3. The Morgan fingerprint density at radius 2 is 2.12 bits per heavy atom. The van der Waals surface area contributed by atoms with E-state index >= 15 is 0 Å². The Morgan fingerprint density at radius 1 is 1.35 bits per heavy atom. The fourth-order valence-corrected chi connectivity index (χ4v) is 3.63. The summed E-state index contributed by atoms with van der Waals surface area (Å²) in [6.45, 7) is 0.595. The molecule has 10 heteroatoms. The molecular weight excluding hydrogens is 356 g/mol. The summed E-state index contributed by atoms with van der Waals surface area (Å²) in [7, 11) is 0. The van der Waals surface area contributed by atoms with Gasteiger partial charge in [-0.05, 0) is 25.3 Å². The summed E-state index contributed by atoms with van der Waals surface area (Å²) in [4.78, 5) is 3.98. The first-order valence-corrected chi connectivity index (χ1v) is 8.46. The highest BCUT2D eigenvalue weighted by atomic mass is 19.4. The Hall–Kier alpha value is -1.94. The van der Waals surface area contributed by atoms with E-state index in [-0.39, 0.29) is 42.6 Å². The number of fused-ring (bicyclic) bond motifs is 1. The molecule has 0 spiro atoms. The number of hydrogen-bond acceptors (Lipinski definition) is 5. The van der Waals surface area contributed by atoms with Crippen molar-refractivity contribution in [2.75, 3.05) is 18.5 Å². The number of hydrogen-bond donors (Lipinski definition) is 2. The van der Waals surface area contributed by atoms with Gasteiger partial charge in [0.1, 0.15) is 10.9 Å². The largest absolute Gasteiger partial charge is 0.399 e. The van der Waals surface area contributed by atoms with Crippen LogP contribution < -0.4 is 5.32 Å². The number of nitrogens with one attached hydrogen (secondary N) is 1. The van der Waals surface area contributed by atoms with Gasteiger partial charge in [0.25, 0.3) is 0 Å². The van der Waals surface area contributed by atoms with Crippen LogP contribution >= 0.6 is 0 Å². The van der Waals surface area contributed by atoms with Gasteiger partial charge in [-0.15, -0.1) is 5.10 Å². The topological polar surface area (TPSA) is 71.7 Å². The molecule has 26 heavy (non-hydrogen) atoms. The van der Waals surface area contributed by atoms with E-state index < -0.39 is 23.5 Å². The summed E-state index contributed by atoms with van der Waals surface area (Å²) in [5.41, 5.74) is -2.39. The predicted octanol–water partition coefficient (Wildman–Crippen LogP) is 2.41. The summed E-state index contributed by atoms with van der Waals surface area (Å²) >= 11 is 0. The van der Waals surface area contributed by atoms with Crippen molar-refractivity contribution in [2.24, 2.45) is 0 Å². The maximum atomic E-state index is 14.2. The number of aliphatic hydroxyl groups is 1. The smallest absolute Gasteiger partial charge is 0.389 e. The number of aromatic nitrogens is 3. The molecular formula is C16H18F4N4O2. The summed E-state index contributed by atoms with van der Waals surface area (Å²) in [6.07, 6.45) is -3.36. The summed E-state index contributed by atoms with van der Waals surface area (Å²) < 4.78 is 61.3. The maximum Gasteiger partial charge on any atom is 0.399 e. The Morgan fingerprint density at radius 3 is 2.73 bits per heavy atom. The normalized spacial score (nSPS) is 25.9. The van der Waals surface area contributed by atoms with Crippen LogP contribution in [0, 0.1) is 5.82 Å². The van der Waals surface area contributed by atoms with Crippen molar-refractivity contribution < 1.29 is 27.4 Å². The minimum Gasteiger partial charge on any atom is -0.389 e. The van der Waals surface area contributed by atoms with Gasteiger partial charge in [-0.25, -0.2) is 13.9 Å². The molecule has 2 N–H and O–H groups in total. The molecule has 0 radical (unpaired) electrons. The van der Waals surface area contributed by atoms with Crippen molar-refractivity contribution in [2.45, 2.75) is 49.4 Å². The second kappa shape index (κ2) is 6.05. The van der Waals surface area contributed by atoms with Crippen LogP contribution in [0.3, 0.4) is 0 Å². The van der Waals surface area contributed by atoms with E-state index in [1.54, 1.807) is 0 Å². The first-order valence-electron chi connectivity index (χ1n) is 8.46. The minimum absolute atomic E-state index is 0.0388. The average Bonchev–Trinajstić information content (AvgIpc) is 2.84. The molecule has 2 atom stereocenters. The van der Waals surface area contributed by atoms with Gasteiger partial charge in [-0.2, -0.15) is 13.2 Å². The van der Waals surface area contributed by atoms with Gasteiger partial charge in [0.05, 0.1) is 30.6 Å². The summed E-state index contributed by atoms with van der Waals surface area (Å²) in [5, 5.41) is 16.9. The third kappa shape index (κ3) is 2.62. The Kier molecular flexibility index (Phi) is 4.07. The van der Waals surface area contributed by atoms with Gasteiger partial charge in [-0.3, -0.25) is 0 Å². The Balaban J connectivity index is 1.73. The molecule has 0 unspecified atom stereocenters. The molecule has 1 saturated carbocycles. The third-order valence-electron chi connectivity index (χ3n) is 5.35.